The van der Waals surface area contributed by atoms with Crippen LogP contribution in [0.15, 0.2) is 18.2 Å². The van der Waals surface area contributed by atoms with Crippen molar-refractivity contribution >= 4 is 0 Å². The van der Waals surface area contributed by atoms with E-state index in [-0.39, 0.29) is 11.9 Å². The summed E-state index contributed by atoms with van der Waals surface area (Å²) in [5.74, 6) is 0.553. The summed E-state index contributed by atoms with van der Waals surface area (Å²) in [7, 11) is 1.90. The van der Waals surface area contributed by atoms with Gasteiger partial charge in [-0.3, -0.25) is 0 Å². The Bertz CT molecular complexity index is 334. The van der Waals surface area contributed by atoms with Crippen molar-refractivity contribution in [3.8, 4) is 0 Å². The highest BCUT2D eigenvalue weighted by molar-refractivity contribution is 5.26. The van der Waals surface area contributed by atoms with Gasteiger partial charge in [0.15, 0.2) is 0 Å². The Labute approximate surface area is 98.1 Å². The highest BCUT2D eigenvalue weighted by Gasteiger charge is 2.14. The molecule has 1 N–H and O–H groups in total. The normalized spacial score (nSPS) is 13.1. The number of benzene rings is 1. The van der Waals surface area contributed by atoms with Crippen LogP contribution in [0.2, 0.25) is 0 Å². The Morgan fingerprint density at radius 1 is 1.25 bits per heavy atom. The average molecular weight is 223 g/mol. The maximum absolute atomic E-state index is 13.7. The van der Waals surface area contributed by atoms with E-state index in [2.05, 4.69) is 19.2 Å². The van der Waals surface area contributed by atoms with E-state index in [4.69, 9.17) is 0 Å². The zero-order valence-electron chi connectivity index (χ0n) is 10.7. The van der Waals surface area contributed by atoms with Crippen molar-refractivity contribution in [2.45, 2.75) is 39.7 Å². The lowest BCUT2D eigenvalue weighted by Gasteiger charge is -2.19. The molecule has 0 heterocycles. The van der Waals surface area contributed by atoms with Crippen molar-refractivity contribution in [2.75, 3.05) is 7.05 Å². The highest BCUT2D eigenvalue weighted by atomic mass is 19.1. The molecule has 0 aliphatic rings. The fourth-order valence-electron chi connectivity index (χ4n) is 1.89. The number of hydrogen-bond donors (Lipinski definition) is 1. The minimum atomic E-state index is -0.103. The molecule has 1 unspecified atom stereocenters. The van der Waals surface area contributed by atoms with Gasteiger partial charge in [0, 0.05) is 11.6 Å². The maximum atomic E-state index is 13.7. The summed E-state index contributed by atoms with van der Waals surface area (Å²) in [6.07, 6.45) is 2.09. The topological polar surface area (TPSA) is 12.0 Å². The van der Waals surface area contributed by atoms with Gasteiger partial charge in [0.05, 0.1) is 0 Å². The lowest BCUT2D eigenvalue weighted by molar-refractivity contribution is 0.449. The predicted octanol–water partition coefficient (Wildman–Crippen LogP) is 3.83. The molecule has 0 amide bonds. The summed E-state index contributed by atoms with van der Waals surface area (Å²) < 4.78 is 13.7. The van der Waals surface area contributed by atoms with Gasteiger partial charge in [0.2, 0.25) is 0 Å². The second-order valence-corrected chi connectivity index (χ2v) is 4.84. The molecule has 1 aromatic rings. The van der Waals surface area contributed by atoms with Gasteiger partial charge in [-0.1, -0.05) is 31.5 Å². The van der Waals surface area contributed by atoms with Crippen molar-refractivity contribution in [2.24, 2.45) is 5.92 Å². The van der Waals surface area contributed by atoms with Gasteiger partial charge in [-0.25, -0.2) is 4.39 Å². The molecule has 0 aromatic heterocycles. The molecule has 1 rings (SSSR count). The van der Waals surface area contributed by atoms with Crippen LogP contribution in [0.3, 0.4) is 0 Å². The van der Waals surface area contributed by atoms with Crippen LogP contribution < -0.4 is 5.32 Å². The minimum absolute atomic E-state index is 0.103. The van der Waals surface area contributed by atoms with Crippen molar-refractivity contribution in [1.82, 2.24) is 5.32 Å². The van der Waals surface area contributed by atoms with Crippen LogP contribution in [-0.2, 0) is 0 Å². The molecule has 0 saturated carbocycles. The molecule has 0 bridgehead atoms. The van der Waals surface area contributed by atoms with E-state index >= 15 is 0 Å². The molecule has 0 aliphatic carbocycles. The fourth-order valence-corrected chi connectivity index (χ4v) is 1.89. The van der Waals surface area contributed by atoms with Crippen LogP contribution in [-0.4, -0.2) is 7.05 Å². The predicted molar refractivity (Wildman–Crippen MR) is 67.0 cm³/mol. The molecular formula is C14H22FN. The third kappa shape index (κ3) is 3.60. The largest absolute Gasteiger partial charge is 0.313 e. The number of hydrogen-bond acceptors (Lipinski definition) is 1. The standard InChI is InChI=1S/C14H22FN/c1-10(2)5-8-14(16-4)12-9-11(3)6-7-13(12)15/h6-7,9-10,14,16H,5,8H2,1-4H3. The van der Waals surface area contributed by atoms with Crippen LogP contribution >= 0.6 is 0 Å². The lowest BCUT2D eigenvalue weighted by Crippen LogP contribution is -2.18. The zero-order chi connectivity index (χ0) is 12.1. The number of halogens is 1. The van der Waals surface area contributed by atoms with Gasteiger partial charge in [-0.2, -0.15) is 0 Å². The molecule has 1 aromatic carbocycles. The third-order valence-electron chi connectivity index (χ3n) is 2.91. The SMILES string of the molecule is CNC(CCC(C)C)c1cc(C)ccc1F. The van der Waals surface area contributed by atoms with Crippen LogP contribution in [0.5, 0.6) is 0 Å². The zero-order valence-corrected chi connectivity index (χ0v) is 10.7. The average Bonchev–Trinajstić information content (AvgIpc) is 2.23. The first-order chi connectivity index (χ1) is 7.54. The van der Waals surface area contributed by atoms with Crippen LogP contribution in [0.4, 0.5) is 4.39 Å². The summed E-state index contributed by atoms with van der Waals surface area (Å²) >= 11 is 0. The summed E-state index contributed by atoms with van der Waals surface area (Å²) in [4.78, 5) is 0. The Balaban J connectivity index is 2.81. The second kappa shape index (κ2) is 6.00. The fraction of sp³-hybridized carbons (Fsp3) is 0.571. The third-order valence-corrected chi connectivity index (χ3v) is 2.91. The van der Waals surface area contributed by atoms with Crippen LogP contribution in [0.1, 0.15) is 43.9 Å². The van der Waals surface area contributed by atoms with Crippen molar-refractivity contribution in [3.63, 3.8) is 0 Å². The maximum Gasteiger partial charge on any atom is 0.127 e. The first kappa shape index (κ1) is 13.2. The summed E-state index contributed by atoms with van der Waals surface area (Å²) in [6, 6.07) is 5.44. The highest BCUT2D eigenvalue weighted by Crippen LogP contribution is 2.24. The second-order valence-electron chi connectivity index (χ2n) is 4.84. The van der Waals surface area contributed by atoms with Gasteiger partial charge in [0.1, 0.15) is 5.82 Å². The smallest absolute Gasteiger partial charge is 0.127 e. The van der Waals surface area contributed by atoms with E-state index < -0.39 is 0 Å². The first-order valence-electron chi connectivity index (χ1n) is 5.98. The Morgan fingerprint density at radius 2 is 1.94 bits per heavy atom. The molecule has 1 atom stereocenters. The molecule has 0 aliphatic heterocycles. The Morgan fingerprint density at radius 3 is 2.50 bits per heavy atom. The van der Waals surface area contributed by atoms with Gasteiger partial charge in [-0.15, -0.1) is 0 Å². The van der Waals surface area contributed by atoms with E-state index in [1.807, 2.05) is 26.1 Å². The molecule has 1 nitrogen and oxygen atoms in total. The van der Waals surface area contributed by atoms with Crippen LogP contribution in [0.25, 0.3) is 0 Å². The first-order valence-corrected chi connectivity index (χ1v) is 5.98. The van der Waals surface area contributed by atoms with E-state index in [9.17, 15) is 4.39 Å². The number of nitrogens with one attached hydrogen (secondary N) is 1. The summed E-state index contributed by atoms with van der Waals surface area (Å²) in [5.41, 5.74) is 1.91. The lowest BCUT2D eigenvalue weighted by atomic mass is 9.96. The van der Waals surface area contributed by atoms with Crippen molar-refractivity contribution < 1.29 is 4.39 Å². The van der Waals surface area contributed by atoms with Crippen LogP contribution in [0, 0.1) is 18.7 Å². The molecule has 0 radical (unpaired) electrons. The molecule has 0 saturated heterocycles. The van der Waals surface area contributed by atoms with E-state index in [0.717, 1.165) is 24.0 Å². The molecule has 0 spiro atoms. The summed E-state index contributed by atoms with van der Waals surface area (Å²) in [6.45, 7) is 6.39. The quantitative estimate of drug-likeness (QED) is 0.800. The molecule has 16 heavy (non-hydrogen) atoms. The number of rotatable bonds is 5. The summed E-state index contributed by atoms with van der Waals surface area (Å²) in [5, 5.41) is 3.20. The van der Waals surface area contributed by atoms with Gasteiger partial charge in [0.25, 0.3) is 0 Å². The minimum Gasteiger partial charge on any atom is -0.313 e. The molecule has 2 heteroatoms. The van der Waals surface area contributed by atoms with E-state index in [1.54, 1.807) is 6.07 Å². The number of aryl methyl sites for hydroxylation is 1. The van der Waals surface area contributed by atoms with E-state index in [1.165, 1.54) is 0 Å². The van der Waals surface area contributed by atoms with Gasteiger partial charge in [-0.05, 0) is 38.8 Å². The Hall–Kier alpha value is -0.890. The van der Waals surface area contributed by atoms with E-state index in [0.29, 0.717) is 5.92 Å². The molecular weight excluding hydrogens is 201 g/mol. The Kier molecular flexibility index (Phi) is 4.94. The monoisotopic (exact) mass is 223 g/mol. The van der Waals surface area contributed by atoms with Crippen molar-refractivity contribution in [3.05, 3.63) is 35.1 Å². The molecule has 90 valence electrons. The van der Waals surface area contributed by atoms with Gasteiger partial charge < -0.3 is 5.32 Å². The van der Waals surface area contributed by atoms with Crippen molar-refractivity contribution in [1.29, 1.82) is 0 Å². The van der Waals surface area contributed by atoms with Gasteiger partial charge >= 0.3 is 0 Å². The molecule has 0 fully saturated rings.